The van der Waals surface area contributed by atoms with Crippen molar-refractivity contribution in [3.63, 3.8) is 0 Å². The van der Waals surface area contributed by atoms with Crippen molar-refractivity contribution >= 4 is 30.7 Å². The summed E-state index contributed by atoms with van der Waals surface area (Å²) in [5, 5.41) is 2.86. The predicted octanol–water partition coefficient (Wildman–Crippen LogP) is 1.60. The summed E-state index contributed by atoms with van der Waals surface area (Å²) in [6, 6.07) is 9.09. The number of rotatable bonds is 5. The number of amides is 1. The molecule has 0 fully saturated rings. The number of benzene rings is 1. The van der Waals surface area contributed by atoms with Crippen LogP contribution in [-0.2, 0) is 4.79 Å². The summed E-state index contributed by atoms with van der Waals surface area (Å²) < 4.78 is 0. The lowest BCUT2D eigenvalue weighted by molar-refractivity contribution is -0.122. The number of nitrogens with one attached hydrogen (secondary N) is 1. The van der Waals surface area contributed by atoms with Crippen LogP contribution < -0.4 is 11.1 Å². The topological polar surface area (TPSA) is 58.4 Å². The first-order chi connectivity index (χ1) is 8.02. The number of nitrogens with zero attached hydrogens (tertiary/aromatic N) is 1. The van der Waals surface area contributed by atoms with Crippen LogP contribution in [0.2, 0.25) is 0 Å². The molecule has 6 heteroatoms. The molecule has 0 heterocycles. The zero-order valence-electron chi connectivity index (χ0n) is 11.5. The van der Waals surface area contributed by atoms with Gasteiger partial charge in [0.05, 0.1) is 0 Å². The van der Waals surface area contributed by atoms with E-state index in [0.717, 1.165) is 5.56 Å². The molecule has 0 aliphatic carbocycles. The summed E-state index contributed by atoms with van der Waals surface area (Å²) in [6.07, 6.45) is 0. The first kappa shape index (κ1) is 20.5. The van der Waals surface area contributed by atoms with Crippen molar-refractivity contribution in [2.75, 3.05) is 20.6 Å². The average Bonchev–Trinajstić information content (AvgIpc) is 2.35. The number of nitrogens with two attached hydrogens (primary N) is 1. The highest BCUT2D eigenvalue weighted by molar-refractivity contribution is 5.85. The predicted molar refractivity (Wildman–Crippen MR) is 84.0 cm³/mol. The first-order valence-electron chi connectivity index (χ1n) is 5.77. The summed E-state index contributed by atoms with van der Waals surface area (Å²) in [4.78, 5) is 13.9. The zero-order valence-corrected chi connectivity index (χ0v) is 13.1. The Kier molecular flexibility index (Phi) is 10.8. The third-order valence-electron chi connectivity index (χ3n) is 2.89. The molecule has 0 aliphatic heterocycles. The maximum atomic E-state index is 11.8. The van der Waals surface area contributed by atoms with E-state index in [0.29, 0.717) is 12.6 Å². The lowest BCUT2D eigenvalue weighted by Crippen LogP contribution is -2.41. The minimum atomic E-state index is -0.592. The van der Waals surface area contributed by atoms with Crippen molar-refractivity contribution in [3.8, 4) is 0 Å². The molecule has 1 aromatic carbocycles. The van der Waals surface area contributed by atoms with Gasteiger partial charge >= 0.3 is 0 Å². The fraction of sp³-hybridized carbons (Fsp3) is 0.462. The van der Waals surface area contributed by atoms with Crippen LogP contribution in [0, 0.1) is 0 Å². The summed E-state index contributed by atoms with van der Waals surface area (Å²) in [5.41, 5.74) is 6.71. The second-order valence-corrected chi connectivity index (χ2v) is 4.45. The second-order valence-electron chi connectivity index (χ2n) is 4.45. The highest BCUT2D eigenvalue weighted by atomic mass is 35.5. The molecule has 0 saturated carbocycles. The normalized spacial score (nSPS) is 12.9. The number of carbonyl (C=O) groups excluding carboxylic acids is 1. The largest absolute Gasteiger partial charge is 0.353 e. The van der Waals surface area contributed by atoms with Crippen LogP contribution in [0.25, 0.3) is 0 Å². The molecule has 110 valence electrons. The third-order valence-corrected chi connectivity index (χ3v) is 2.89. The fourth-order valence-corrected chi connectivity index (χ4v) is 1.35. The van der Waals surface area contributed by atoms with Gasteiger partial charge in [-0.15, -0.1) is 24.8 Å². The van der Waals surface area contributed by atoms with Gasteiger partial charge in [0.2, 0.25) is 5.91 Å². The minimum Gasteiger partial charge on any atom is -0.353 e. The summed E-state index contributed by atoms with van der Waals surface area (Å²) in [7, 11) is 3.96. The lowest BCUT2D eigenvalue weighted by atomic mass is 10.1. The van der Waals surface area contributed by atoms with Gasteiger partial charge in [-0.1, -0.05) is 30.3 Å². The lowest BCUT2D eigenvalue weighted by Gasteiger charge is -2.21. The summed E-state index contributed by atoms with van der Waals surface area (Å²) >= 11 is 0. The number of likely N-dealkylation sites (N-methyl/N-ethyl adjacent to an activating group) is 1. The molecule has 4 nitrogen and oxygen atoms in total. The number of carbonyl (C=O) groups is 1. The quantitative estimate of drug-likeness (QED) is 0.868. The van der Waals surface area contributed by atoms with Crippen molar-refractivity contribution < 1.29 is 4.79 Å². The average molecular weight is 308 g/mol. The van der Waals surface area contributed by atoms with E-state index >= 15 is 0 Å². The molecule has 1 aromatic rings. The van der Waals surface area contributed by atoms with Crippen LogP contribution in [0.4, 0.5) is 0 Å². The smallest absolute Gasteiger partial charge is 0.241 e. The number of hydrogen-bond donors (Lipinski definition) is 2. The van der Waals surface area contributed by atoms with Crippen LogP contribution in [0.3, 0.4) is 0 Å². The number of halogens is 2. The molecule has 0 aliphatic rings. The van der Waals surface area contributed by atoms with Gasteiger partial charge in [-0.25, -0.2) is 0 Å². The Balaban J connectivity index is 0. The standard InChI is InChI=1S/C13H21N3O.2ClH/c1-10(16(2)3)9-15-13(17)12(14)11-7-5-4-6-8-11;;/h4-8,10,12H,9,14H2,1-3H3,(H,15,17);2*1H. The van der Waals surface area contributed by atoms with E-state index in [2.05, 4.69) is 5.32 Å². The van der Waals surface area contributed by atoms with Crippen molar-refractivity contribution in [2.45, 2.75) is 19.0 Å². The monoisotopic (exact) mass is 307 g/mol. The van der Waals surface area contributed by atoms with E-state index in [4.69, 9.17) is 5.73 Å². The van der Waals surface area contributed by atoms with E-state index in [-0.39, 0.29) is 30.7 Å². The molecular formula is C13H23Cl2N3O. The molecule has 1 amide bonds. The second kappa shape index (κ2) is 10.0. The van der Waals surface area contributed by atoms with Gasteiger partial charge in [-0.05, 0) is 26.6 Å². The van der Waals surface area contributed by atoms with Crippen LogP contribution >= 0.6 is 24.8 Å². The molecule has 19 heavy (non-hydrogen) atoms. The highest BCUT2D eigenvalue weighted by Gasteiger charge is 2.16. The van der Waals surface area contributed by atoms with Gasteiger partial charge < -0.3 is 16.0 Å². The molecule has 0 aromatic heterocycles. The maximum absolute atomic E-state index is 11.8. The van der Waals surface area contributed by atoms with E-state index in [1.54, 1.807) is 0 Å². The van der Waals surface area contributed by atoms with Crippen molar-refractivity contribution in [2.24, 2.45) is 5.73 Å². The molecule has 0 saturated heterocycles. The van der Waals surface area contributed by atoms with Crippen molar-refractivity contribution in [1.29, 1.82) is 0 Å². The van der Waals surface area contributed by atoms with E-state index in [9.17, 15) is 4.79 Å². The molecule has 0 spiro atoms. The molecular weight excluding hydrogens is 285 g/mol. The van der Waals surface area contributed by atoms with Gasteiger partial charge in [-0.2, -0.15) is 0 Å². The van der Waals surface area contributed by atoms with E-state index < -0.39 is 6.04 Å². The molecule has 0 radical (unpaired) electrons. The minimum absolute atomic E-state index is 0. The van der Waals surface area contributed by atoms with Crippen molar-refractivity contribution in [3.05, 3.63) is 35.9 Å². The van der Waals surface area contributed by atoms with Gasteiger partial charge in [0.1, 0.15) is 6.04 Å². The van der Waals surface area contributed by atoms with Gasteiger partial charge in [0.15, 0.2) is 0 Å². The molecule has 2 unspecified atom stereocenters. The van der Waals surface area contributed by atoms with Crippen molar-refractivity contribution in [1.82, 2.24) is 10.2 Å². The van der Waals surface area contributed by atoms with E-state index in [1.807, 2.05) is 56.3 Å². The maximum Gasteiger partial charge on any atom is 0.241 e. The van der Waals surface area contributed by atoms with Gasteiger partial charge in [0, 0.05) is 12.6 Å². The first-order valence-corrected chi connectivity index (χ1v) is 5.77. The number of hydrogen-bond acceptors (Lipinski definition) is 3. The molecule has 0 bridgehead atoms. The zero-order chi connectivity index (χ0) is 12.8. The van der Waals surface area contributed by atoms with Crippen LogP contribution in [0.1, 0.15) is 18.5 Å². The Morgan fingerprint density at radius 1 is 1.26 bits per heavy atom. The Labute approximate surface area is 127 Å². The summed E-state index contributed by atoms with van der Waals surface area (Å²) in [5.74, 6) is -0.134. The molecule has 2 atom stereocenters. The molecule has 1 rings (SSSR count). The SMILES string of the molecule is CC(CNC(=O)C(N)c1ccccc1)N(C)C.Cl.Cl. The third kappa shape index (κ3) is 6.78. The highest BCUT2D eigenvalue weighted by Crippen LogP contribution is 2.09. The van der Waals surface area contributed by atoms with Crippen LogP contribution in [0.5, 0.6) is 0 Å². The Hall–Kier alpha value is -0.810. The van der Waals surface area contributed by atoms with Gasteiger partial charge in [0.25, 0.3) is 0 Å². The Bertz CT molecular complexity index is 360. The van der Waals surface area contributed by atoms with Crippen LogP contribution in [0.15, 0.2) is 30.3 Å². The fourth-order valence-electron chi connectivity index (χ4n) is 1.35. The van der Waals surface area contributed by atoms with E-state index in [1.165, 1.54) is 0 Å². The molecule has 3 N–H and O–H groups in total. The Morgan fingerprint density at radius 3 is 2.26 bits per heavy atom. The van der Waals surface area contributed by atoms with Gasteiger partial charge in [-0.3, -0.25) is 4.79 Å². The summed E-state index contributed by atoms with van der Waals surface area (Å²) in [6.45, 7) is 2.65. The Morgan fingerprint density at radius 2 is 1.79 bits per heavy atom. The van der Waals surface area contributed by atoms with Crippen LogP contribution in [-0.4, -0.2) is 37.5 Å².